The third kappa shape index (κ3) is 3.46. The Hall–Kier alpha value is -0.910. The van der Waals surface area contributed by atoms with Crippen LogP contribution in [0.15, 0.2) is 33.3 Å². The molecule has 2 aromatic rings. The molecule has 0 N–H and O–H groups in total. The van der Waals surface area contributed by atoms with Gasteiger partial charge < -0.3 is 4.90 Å². The number of likely N-dealkylation sites (tertiary alicyclic amines) is 1. The molecule has 0 spiro atoms. The van der Waals surface area contributed by atoms with E-state index in [-0.39, 0.29) is 5.92 Å². The van der Waals surface area contributed by atoms with E-state index in [1.165, 1.54) is 16.7 Å². The molecule has 1 atom stereocenters. The summed E-state index contributed by atoms with van der Waals surface area (Å²) in [7, 11) is 0. The summed E-state index contributed by atoms with van der Waals surface area (Å²) in [6, 6.07) is 6.23. The van der Waals surface area contributed by atoms with Crippen molar-refractivity contribution in [2.24, 2.45) is 5.92 Å². The third-order valence-corrected chi connectivity index (χ3v) is 6.87. The molecule has 1 aliphatic heterocycles. The van der Waals surface area contributed by atoms with Crippen molar-refractivity contribution < 1.29 is 6.17 Å². The highest BCUT2D eigenvalue weighted by Crippen LogP contribution is 2.46. The number of aryl methyl sites for hydroxylation is 2. The monoisotopic (exact) mass is 498 g/mol. The van der Waals surface area contributed by atoms with E-state index in [0.29, 0.717) is 19.0 Å². The minimum atomic E-state index is -0.579. The van der Waals surface area contributed by atoms with Crippen LogP contribution in [0.4, 0.5) is 0 Å². The third-order valence-electron chi connectivity index (χ3n) is 5.56. The van der Waals surface area contributed by atoms with Crippen molar-refractivity contribution in [3.63, 3.8) is 0 Å². The zero-order valence-corrected chi connectivity index (χ0v) is 18.1. The topological polar surface area (TPSA) is 33.2 Å². The van der Waals surface area contributed by atoms with Gasteiger partial charge in [0.2, 0.25) is 6.39 Å². The Morgan fingerprint density at radius 1 is 1.19 bits per heavy atom. The molecule has 3 nitrogen and oxygen atoms in total. The van der Waals surface area contributed by atoms with Crippen LogP contribution in [0.25, 0.3) is 0 Å². The SMILES string of the molecule is [3H]C(=O)N1CCC(C2c3ncc(Br)cc3CCc3cc(Cl)cc(Br)c32)CC1. The molecule has 2 heterocycles. The molecule has 0 saturated carbocycles. The second-order valence-corrected chi connectivity index (χ2v) is 9.26. The van der Waals surface area contributed by atoms with Gasteiger partial charge in [0.15, 0.2) is 0 Å². The largest absolute Gasteiger partial charge is 0.345 e. The summed E-state index contributed by atoms with van der Waals surface area (Å²) in [6.45, 7) is 1.27. The van der Waals surface area contributed by atoms with Crippen molar-refractivity contribution in [1.29, 1.82) is 0 Å². The number of hydrogen-bond acceptors (Lipinski definition) is 2. The minimum Gasteiger partial charge on any atom is -0.345 e. The van der Waals surface area contributed by atoms with Gasteiger partial charge in [-0.25, -0.2) is 0 Å². The summed E-state index contributed by atoms with van der Waals surface area (Å²) in [5, 5.41) is 0.745. The minimum absolute atomic E-state index is 0.167. The molecule has 1 fully saturated rings. The molecular weight excluding hydrogens is 479 g/mol. The highest BCUT2D eigenvalue weighted by molar-refractivity contribution is 9.10. The first kappa shape index (κ1) is 17.2. The number of amides is 1. The van der Waals surface area contributed by atoms with Gasteiger partial charge in [-0.1, -0.05) is 27.5 Å². The summed E-state index contributed by atoms with van der Waals surface area (Å²) >= 11 is 13.7. The number of nitrogens with zero attached hydrogens (tertiary/aromatic N) is 2. The molecule has 0 radical (unpaired) electrons. The normalized spacial score (nSPS) is 20.8. The van der Waals surface area contributed by atoms with Gasteiger partial charge in [-0.15, -0.1) is 0 Å². The summed E-state index contributed by atoms with van der Waals surface area (Å²) in [4.78, 5) is 17.9. The van der Waals surface area contributed by atoms with Crippen LogP contribution >= 0.6 is 43.5 Å². The van der Waals surface area contributed by atoms with Gasteiger partial charge in [-0.3, -0.25) is 9.78 Å². The molecule has 26 heavy (non-hydrogen) atoms. The number of fused-ring (bicyclic) bond motifs is 2. The van der Waals surface area contributed by atoms with Gasteiger partial charge >= 0.3 is 0 Å². The molecule has 4 rings (SSSR count). The van der Waals surface area contributed by atoms with Gasteiger partial charge in [-0.2, -0.15) is 0 Å². The maximum Gasteiger partial charge on any atom is 0.209 e. The average molecular weight is 501 g/mol. The van der Waals surface area contributed by atoms with Crippen LogP contribution in [-0.2, 0) is 17.6 Å². The van der Waals surface area contributed by atoms with Crippen molar-refractivity contribution in [3.05, 3.63) is 60.7 Å². The highest BCUT2D eigenvalue weighted by atomic mass is 79.9. The van der Waals surface area contributed by atoms with Gasteiger partial charge in [0, 0.05) is 39.2 Å². The average Bonchev–Trinajstić information content (AvgIpc) is 2.78. The Morgan fingerprint density at radius 2 is 1.92 bits per heavy atom. The number of carbonyl (C=O) groups excluding carboxylic acids is 1. The lowest BCUT2D eigenvalue weighted by Crippen LogP contribution is -2.35. The molecule has 1 unspecified atom stereocenters. The summed E-state index contributed by atoms with van der Waals surface area (Å²) in [5.41, 5.74) is 4.96. The number of aromatic nitrogens is 1. The number of rotatable bonds is 1. The Balaban J connectivity index is 1.80. The predicted molar refractivity (Wildman–Crippen MR) is 111 cm³/mol. The summed E-state index contributed by atoms with van der Waals surface area (Å²) in [5.74, 6) is 0.544. The van der Waals surface area contributed by atoms with Crippen molar-refractivity contribution in [1.82, 2.24) is 9.88 Å². The molecule has 2 aliphatic rings. The maximum atomic E-state index is 11.4. The second kappa shape index (κ2) is 7.61. The maximum absolute atomic E-state index is 11.4. The lowest BCUT2D eigenvalue weighted by Gasteiger charge is -2.35. The molecular formula is C20H19Br2ClN2O. The van der Waals surface area contributed by atoms with Crippen LogP contribution in [0, 0.1) is 5.92 Å². The predicted octanol–water partition coefficient (Wildman–Crippen LogP) is 5.36. The molecule has 136 valence electrons. The Bertz CT molecular complexity index is 900. The first-order valence-electron chi connectivity index (χ1n) is 9.31. The van der Waals surface area contributed by atoms with E-state index < -0.39 is 6.39 Å². The second-order valence-electron chi connectivity index (χ2n) is 7.05. The Kier molecular flexibility index (Phi) is 5.03. The first-order valence-corrected chi connectivity index (χ1v) is 10.8. The smallest absolute Gasteiger partial charge is 0.209 e. The zero-order chi connectivity index (χ0) is 19.1. The molecule has 1 saturated heterocycles. The van der Waals surface area contributed by atoms with Gasteiger partial charge in [0.1, 0.15) is 1.37 Å². The molecule has 6 heteroatoms. The zero-order valence-electron chi connectivity index (χ0n) is 15.1. The lowest BCUT2D eigenvalue weighted by atomic mass is 9.76. The Labute approximate surface area is 176 Å². The molecule has 1 aliphatic carbocycles. The number of piperidine rings is 1. The van der Waals surface area contributed by atoms with Gasteiger partial charge in [-0.05, 0) is 82.4 Å². The van der Waals surface area contributed by atoms with Crippen LogP contribution in [0.5, 0.6) is 0 Å². The number of benzene rings is 1. The van der Waals surface area contributed by atoms with Crippen LogP contribution in [0.1, 0.15) is 42.5 Å². The van der Waals surface area contributed by atoms with E-state index in [0.717, 1.165) is 45.3 Å². The van der Waals surface area contributed by atoms with Crippen molar-refractivity contribution in [2.45, 2.75) is 31.6 Å². The number of pyridine rings is 1. The van der Waals surface area contributed by atoms with Crippen molar-refractivity contribution in [3.8, 4) is 0 Å². The highest BCUT2D eigenvalue weighted by Gasteiger charge is 2.35. The molecule has 1 amide bonds. The molecule has 1 aromatic carbocycles. The van der Waals surface area contributed by atoms with E-state index in [2.05, 4.69) is 44.0 Å². The summed E-state index contributed by atoms with van der Waals surface area (Å²) < 4.78 is 9.41. The Morgan fingerprint density at radius 3 is 2.65 bits per heavy atom. The number of hydrogen-bond donors (Lipinski definition) is 0. The van der Waals surface area contributed by atoms with E-state index in [1.807, 2.05) is 12.3 Å². The molecule has 1 aromatic heterocycles. The lowest BCUT2D eigenvalue weighted by molar-refractivity contribution is -0.119. The fourth-order valence-corrected chi connectivity index (χ4v) is 5.85. The van der Waals surface area contributed by atoms with E-state index in [9.17, 15) is 4.79 Å². The summed E-state index contributed by atoms with van der Waals surface area (Å²) in [6.07, 6.45) is 4.91. The van der Waals surface area contributed by atoms with Crippen molar-refractivity contribution in [2.75, 3.05) is 13.1 Å². The van der Waals surface area contributed by atoms with Gasteiger partial charge in [0.05, 0.1) is 5.69 Å². The van der Waals surface area contributed by atoms with E-state index in [1.54, 1.807) is 4.90 Å². The van der Waals surface area contributed by atoms with Crippen LogP contribution in [-0.4, -0.2) is 29.4 Å². The first-order chi connectivity index (χ1) is 12.9. The standard InChI is InChI=1S/C20H19Br2ClN2O/c21-15-7-14-2-1-13-8-16(23)9-17(22)18(13)19(20(14)24-10-15)12-3-5-25(11-26)6-4-12/h7-12,19H,1-6H2/i11T. The van der Waals surface area contributed by atoms with Crippen molar-refractivity contribution >= 4 is 49.8 Å². The molecule has 0 bridgehead atoms. The van der Waals surface area contributed by atoms with Gasteiger partial charge in [0.25, 0.3) is 0 Å². The fraction of sp³-hybridized carbons (Fsp3) is 0.400. The fourth-order valence-electron chi connectivity index (χ4n) is 4.35. The van der Waals surface area contributed by atoms with E-state index in [4.69, 9.17) is 18.0 Å². The number of halogens is 3. The quantitative estimate of drug-likeness (QED) is 0.494. The number of carbonyl (C=O) groups is 1. The van der Waals surface area contributed by atoms with Crippen LogP contribution in [0.3, 0.4) is 0 Å². The van der Waals surface area contributed by atoms with E-state index >= 15 is 0 Å². The van der Waals surface area contributed by atoms with Crippen LogP contribution < -0.4 is 0 Å². The van der Waals surface area contributed by atoms with Crippen LogP contribution in [0.2, 0.25) is 5.02 Å².